The number of hydrogen-bond acceptors (Lipinski definition) is 4. The molecule has 3 aromatic rings. The number of aryl methyl sites for hydroxylation is 1. The van der Waals surface area contributed by atoms with Crippen LogP contribution in [-0.2, 0) is 0 Å². The summed E-state index contributed by atoms with van der Waals surface area (Å²) in [5.41, 5.74) is 3.99. The number of benzene rings is 1. The highest BCUT2D eigenvalue weighted by atomic mass is 16.3. The number of anilines is 1. The number of pyridine rings is 1. The number of likely N-dealkylation sites (N-methyl/N-ethyl adjacent to an activating group) is 1. The summed E-state index contributed by atoms with van der Waals surface area (Å²) in [6.07, 6.45) is 6.02. The van der Waals surface area contributed by atoms with Crippen LogP contribution < -0.4 is 4.90 Å². The van der Waals surface area contributed by atoms with E-state index in [0.717, 1.165) is 28.6 Å². The molecule has 0 saturated carbocycles. The van der Waals surface area contributed by atoms with E-state index in [1.807, 2.05) is 6.07 Å². The van der Waals surface area contributed by atoms with Crippen molar-refractivity contribution in [1.82, 2.24) is 9.88 Å². The molecule has 1 aliphatic heterocycles. The first kappa shape index (κ1) is 13.2. The molecule has 4 heteroatoms. The van der Waals surface area contributed by atoms with Crippen molar-refractivity contribution in [2.45, 2.75) is 19.9 Å². The Morgan fingerprint density at radius 3 is 2.86 bits per heavy atom. The van der Waals surface area contributed by atoms with E-state index in [4.69, 9.17) is 4.42 Å². The van der Waals surface area contributed by atoms with Crippen LogP contribution in [0.5, 0.6) is 0 Å². The lowest BCUT2D eigenvalue weighted by Gasteiger charge is -2.35. The Morgan fingerprint density at radius 1 is 1.18 bits per heavy atom. The molecule has 1 atom stereocenters. The molecule has 0 N–H and O–H groups in total. The second-order valence-electron chi connectivity index (χ2n) is 6.03. The van der Waals surface area contributed by atoms with E-state index in [-0.39, 0.29) is 0 Å². The summed E-state index contributed by atoms with van der Waals surface area (Å²) in [7, 11) is 2.11. The van der Waals surface area contributed by atoms with Crippen molar-refractivity contribution in [3.63, 3.8) is 0 Å². The predicted molar refractivity (Wildman–Crippen MR) is 90.0 cm³/mol. The van der Waals surface area contributed by atoms with Gasteiger partial charge in [0.2, 0.25) is 5.71 Å². The molecule has 0 unspecified atom stereocenters. The van der Waals surface area contributed by atoms with Crippen molar-refractivity contribution < 1.29 is 4.42 Å². The summed E-state index contributed by atoms with van der Waals surface area (Å²) in [6, 6.07) is 8.77. The van der Waals surface area contributed by atoms with Gasteiger partial charge >= 0.3 is 0 Å². The lowest BCUT2D eigenvalue weighted by atomic mass is 10.1. The van der Waals surface area contributed by atoms with Crippen LogP contribution in [0.25, 0.3) is 22.1 Å². The largest absolute Gasteiger partial charge is 0.435 e. The molecule has 0 fully saturated rings. The summed E-state index contributed by atoms with van der Waals surface area (Å²) < 4.78 is 6.08. The molecule has 4 nitrogen and oxygen atoms in total. The van der Waals surface area contributed by atoms with E-state index in [1.165, 1.54) is 5.56 Å². The minimum Gasteiger partial charge on any atom is -0.435 e. The van der Waals surface area contributed by atoms with Gasteiger partial charge in [0, 0.05) is 49.0 Å². The number of hydrogen-bond donors (Lipinski definition) is 0. The van der Waals surface area contributed by atoms with E-state index >= 15 is 0 Å². The predicted octanol–water partition coefficient (Wildman–Crippen LogP) is 3.90. The van der Waals surface area contributed by atoms with E-state index in [2.05, 4.69) is 66.3 Å². The molecule has 112 valence electrons. The van der Waals surface area contributed by atoms with Crippen LogP contribution in [0.1, 0.15) is 12.5 Å². The van der Waals surface area contributed by atoms with Gasteiger partial charge in [-0.3, -0.25) is 0 Å². The van der Waals surface area contributed by atoms with E-state index < -0.39 is 0 Å². The quantitative estimate of drug-likeness (QED) is 0.681. The van der Waals surface area contributed by atoms with Gasteiger partial charge < -0.3 is 14.2 Å². The van der Waals surface area contributed by atoms with Gasteiger partial charge in [-0.1, -0.05) is 12.1 Å². The first-order chi connectivity index (χ1) is 10.6. The van der Waals surface area contributed by atoms with Crippen LogP contribution >= 0.6 is 0 Å². The Balaban J connectivity index is 1.97. The molecule has 0 radical (unpaired) electrons. The molecule has 2 aromatic heterocycles. The van der Waals surface area contributed by atoms with Crippen molar-refractivity contribution in [3.8, 4) is 0 Å². The lowest BCUT2D eigenvalue weighted by molar-refractivity contribution is 0.341. The van der Waals surface area contributed by atoms with Crippen LogP contribution in [0.4, 0.5) is 5.69 Å². The van der Waals surface area contributed by atoms with Crippen molar-refractivity contribution >= 4 is 27.8 Å². The van der Waals surface area contributed by atoms with Gasteiger partial charge in [-0.25, -0.2) is 4.98 Å². The van der Waals surface area contributed by atoms with Crippen molar-refractivity contribution in [1.29, 1.82) is 0 Å². The summed E-state index contributed by atoms with van der Waals surface area (Å²) in [4.78, 5) is 8.86. The number of rotatable bonds is 1. The SMILES string of the molecule is Cc1ccc2c(oc3ncccc32)c1N1C=CN(C)[C@@H](C)C1. The van der Waals surface area contributed by atoms with E-state index in [9.17, 15) is 0 Å². The minimum atomic E-state index is 0.460. The topological polar surface area (TPSA) is 32.5 Å². The summed E-state index contributed by atoms with van der Waals surface area (Å²) in [5, 5.41) is 2.20. The van der Waals surface area contributed by atoms with Crippen molar-refractivity contribution in [2.75, 3.05) is 18.5 Å². The third-order valence-corrected chi connectivity index (χ3v) is 4.52. The average Bonchev–Trinajstić information content (AvgIpc) is 2.88. The third kappa shape index (κ3) is 1.87. The molecule has 22 heavy (non-hydrogen) atoms. The van der Waals surface area contributed by atoms with Crippen molar-refractivity contribution in [3.05, 3.63) is 48.4 Å². The van der Waals surface area contributed by atoms with Gasteiger partial charge in [0.05, 0.1) is 5.69 Å². The highest BCUT2D eigenvalue weighted by molar-refractivity contribution is 6.08. The van der Waals surface area contributed by atoms with Crippen LogP contribution in [-0.4, -0.2) is 29.5 Å². The van der Waals surface area contributed by atoms with Crippen LogP contribution in [0.2, 0.25) is 0 Å². The number of furan rings is 1. The van der Waals surface area contributed by atoms with Crippen molar-refractivity contribution in [2.24, 2.45) is 0 Å². The number of aromatic nitrogens is 1. The first-order valence-electron chi connectivity index (χ1n) is 7.59. The Kier molecular flexibility index (Phi) is 2.86. The van der Waals surface area contributed by atoms with E-state index in [0.29, 0.717) is 11.8 Å². The van der Waals surface area contributed by atoms with Gasteiger partial charge in [-0.2, -0.15) is 0 Å². The smallest absolute Gasteiger partial charge is 0.227 e. The zero-order valence-electron chi connectivity index (χ0n) is 13.1. The summed E-state index contributed by atoms with van der Waals surface area (Å²) in [5.74, 6) is 0. The Bertz CT molecular complexity index is 881. The molecule has 0 spiro atoms. The van der Waals surface area contributed by atoms with E-state index in [1.54, 1.807) is 6.20 Å². The standard InChI is InChI=1S/C18H19N3O/c1-12-6-7-14-15-5-4-8-19-18(15)22-17(14)16(12)21-10-9-20(3)13(2)11-21/h4-10,13H,11H2,1-3H3/t13-/m0/s1. The molecule has 1 aliphatic rings. The zero-order chi connectivity index (χ0) is 15.3. The molecule has 1 aromatic carbocycles. The van der Waals surface area contributed by atoms with Gasteiger partial charge in [0.25, 0.3) is 0 Å². The van der Waals surface area contributed by atoms with Crippen LogP contribution in [0, 0.1) is 6.92 Å². The van der Waals surface area contributed by atoms with Gasteiger partial charge in [-0.15, -0.1) is 0 Å². The Morgan fingerprint density at radius 2 is 2.05 bits per heavy atom. The van der Waals surface area contributed by atoms with Crippen LogP contribution in [0.15, 0.2) is 47.3 Å². The highest BCUT2D eigenvalue weighted by Gasteiger charge is 2.22. The Hall–Kier alpha value is -2.49. The maximum atomic E-state index is 6.08. The second-order valence-corrected chi connectivity index (χ2v) is 6.03. The Labute approximate surface area is 129 Å². The minimum absolute atomic E-state index is 0.460. The normalized spacial score (nSPS) is 18.6. The molecule has 0 amide bonds. The molecule has 0 saturated heterocycles. The fraction of sp³-hybridized carbons (Fsp3) is 0.278. The zero-order valence-corrected chi connectivity index (χ0v) is 13.1. The number of fused-ring (bicyclic) bond motifs is 3. The lowest BCUT2D eigenvalue weighted by Crippen LogP contribution is -2.40. The number of nitrogens with zero attached hydrogens (tertiary/aromatic N) is 3. The molecule has 0 bridgehead atoms. The highest BCUT2D eigenvalue weighted by Crippen LogP contribution is 2.37. The molecular weight excluding hydrogens is 274 g/mol. The maximum absolute atomic E-state index is 6.08. The van der Waals surface area contributed by atoms with Gasteiger partial charge in [0.15, 0.2) is 5.58 Å². The summed E-state index contributed by atoms with van der Waals surface area (Å²) in [6.45, 7) is 5.30. The molecular formula is C18H19N3O. The molecule has 4 rings (SSSR count). The molecule has 0 aliphatic carbocycles. The second kappa shape index (κ2) is 4.77. The summed E-state index contributed by atoms with van der Waals surface area (Å²) >= 11 is 0. The average molecular weight is 293 g/mol. The monoisotopic (exact) mass is 293 g/mol. The van der Waals surface area contributed by atoms with Gasteiger partial charge in [0.1, 0.15) is 0 Å². The van der Waals surface area contributed by atoms with Crippen LogP contribution in [0.3, 0.4) is 0 Å². The fourth-order valence-corrected chi connectivity index (χ4v) is 3.09. The third-order valence-electron chi connectivity index (χ3n) is 4.52. The van der Waals surface area contributed by atoms with Gasteiger partial charge in [-0.05, 0) is 31.5 Å². The first-order valence-corrected chi connectivity index (χ1v) is 7.59. The fourth-order valence-electron chi connectivity index (χ4n) is 3.09. The maximum Gasteiger partial charge on any atom is 0.227 e. The molecule has 3 heterocycles.